The maximum Gasteiger partial charge on any atom is 0.323 e. The van der Waals surface area contributed by atoms with Crippen molar-refractivity contribution in [3.05, 3.63) is 65.7 Å². The fourth-order valence-electron chi connectivity index (χ4n) is 2.36. The van der Waals surface area contributed by atoms with E-state index in [1.807, 2.05) is 24.3 Å². The molecule has 0 unspecified atom stereocenters. The monoisotopic (exact) mass is 284 g/mol. The van der Waals surface area contributed by atoms with E-state index in [9.17, 15) is 9.18 Å². The second-order valence-electron chi connectivity index (χ2n) is 4.80. The molecule has 4 nitrogen and oxygen atoms in total. The third-order valence-corrected chi connectivity index (χ3v) is 3.30. The molecule has 0 radical (unpaired) electrons. The molecule has 0 saturated carbocycles. The fraction of sp³-hybridized carbons (Fsp3) is 0.125. The first-order chi connectivity index (χ1) is 10.1. The van der Waals surface area contributed by atoms with Gasteiger partial charge in [-0.05, 0) is 29.8 Å². The summed E-state index contributed by atoms with van der Waals surface area (Å²) >= 11 is 0. The molecule has 0 aliphatic carbocycles. The second kappa shape index (κ2) is 5.36. The molecule has 0 bridgehead atoms. The number of carbonyl (C=O) groups is 1. The first kappa shape index (κ1) is 13.3. The minimum absolute atomic E-state index is 0.142. The number of nitrogens with zero attached hydrogens (tertiary/aromatic N) is 2. The molecule has 0 fully saturated rings. The van der Waals surface area contributed by atoms with Gasteiger partial charge in [0.05, 0.1) is 11.0 Å². The quantitative estimate of drug-likeness (QED) is 0.801. The molecule has 0 atom stereocenters. The number of para-hydroxylation sites is 2. The van der Waals surface area contributed by atoms with E-state index >= 15 is 0 Å². The van der Waals surface area contributed by atoms with Crippen molar-refractivity contribution < 1.29 is 14.3 Å². The van der Waals surface area contributed by atoms with E-state index < -0.39 is 5.97 Å². The van der Waals surface area contributed by atoms with Crippen molar-refractivity contribution in [2.24, 2.45) is 0 Å². The van der Waals surface area contributed by atoms with Gasteiger partial charge in [0.15, 0.2) is 0 Å². The Morgan fingerprint density at radius 1 is 1.14 bits per heavy atom. The molecule has 0 amide bonds. The van der Waals surface area contributed by atoms with Crippen molar-refractivity contribution in [2.75, 3.05) is 0 Å². The van der Waals surface area contributed by atoms with Gasteiger partial charge in [0.25, 0.3) is 0 Å². The van der Waals surface area contributed by atoms with E-state index in [2.05, 4.69) is 4.98 Å². The van der Waals surface area contributed by atoms with Crippen LogP contribution in [-0.4, -0.2) is 20.6 Å². The molecule has 2 aromatic carbocycles. The molecular formula is C16H13FN2O2. The highest BCUT2D eigenvalue weighted by Crippen LogP contribution is 2.18. The maximum absolute atomic E-state index is 12.9. The summed E-state index contributed by atoms with van der Waals surface area (Å²) in [6.07, 6.45) is 0.461. The summed E-state index contributed by atoms with van der Waals surface area (Å²) in [5.41, 5.74) is 2.44. The summed E-state index contributed by atoms with van der Waals surface area (Å²) in [5.74, 6) is -0.554. The summed E-state index contributed by atoms with van der Waals surface area (Å²) in [4.78, 5) is 15.6. The summed E-state index contributed by atoms with van der Waals surface area (Å²) in [7, 11) is 0. The molecule has 1 N–H and O–H groups in total. The van der Waals surface area contributed by atoms with Crippen LogP contribution in [0.3, 0.4) is 0 Å². The zero-order chi connectivity index (χ0) is 14.8. The van der Waals surface area contributed by atoms with E-state index in [1.54, 1.807) is 16.7 Å². The molecule has 3 aromatic rings. The van der Waals surface area contributed by atoms with Crippen molar-refractivity contribution in [1.82, 2.24) is 9.55 Å². The van der Waals surface area contributed by atoms with Crippen LogP contribution >= 0.6 is 0 Å². The Morgan fingerprint density at radius 2 is 1.86 bits per heavy atom. The molecule has 0 saturated heterocycles. The summed E-state index contributed by atoms with van der Waals surface area (Å²) in [5, 5.41) is 9.07. The van der Waals surface area contributed by atoms with Gasteiger partial charge in [0, 0.05) is 6.42 Å². The van der Waals surface area contributed by atoms with Gasteiger partial charge in [0.2, 0.25) is 0 Å². The van der Waals surface area contributed by atoms with Crippen LogP contribution < -0.4 is 0 Å². The number of aliphatic carboxylic acids is 1. The van der Waals surface area contributed by atoms with E-state index in [1.165, 1.54) is 12.1 Å². The Kier molecular flexibility index (Phi) is 3.39. The summed E-state index contributed by atoms with van der Waals surface area (Å²) in [6.45, 7) is -0.142. The average Bonchev–Trinajstić information content (AvgIpc) is 2.79. The number of rotatable bonds is 4. The van der Waals surface area contributed by atoms with Crippen LogP contribution in [0.2, 0.25) is 0 Å². The second-order valence-corrected chi connectivity index (χ2v) is 4.80. The number of benzene rings is 2. The van der Waals surface area contributed by atoms with E-state index in [0.717, 1.165) is 16.6 Å². The Balaban J connectivity index is 2.04. The van der Waals surface area contributed by atoms with Crippen molar-refractivity contribution >= 4 is 17.0 Å². The Bertz CT molecular complexity index is 794. The predicted octanol–water partition coefficient (Wildman–Crippen LogP) is 2.85. The number of carboxylic acid groups (broad SMARTS) is 1. The highest BCUT2D eigenvalue weighted by Gasteiger charge is 2.13. The maximum atomic E-state index is 12.9. The molecule has 5 heteroatoms. The van der Waals surface area contributed by atoms with Gasteiger partial charge in [0.1, 0.15) is 18.2 Å². The van der Waals surface area contributed by atoms with Gasteiger partial charge in [-0.25, -0.2) is 9.37 Å². The number of aromatic nitrogens is 2. The van der Waals surface area contributed by atoms with E-state index in [4.69, 9.17) is 5.11 Å². The lowest BCUT2D eigenvalue weighted by Crippen LogP contribution is -2.12. The van der Waals surface area contributed by atoms with Crippen LogP contribution in [-0.2, 0) is 17.8 Å². The Labute approximate surface area is 120 Å². The molecule has 1 heterocycles. The van der Waals surface area contributed by atoms with Gasteiger partial charge in [-0.2, -0.15) is 0 Å². The van der Waals surface area contributed by atoms with Crippen molar-refractivity contribution in [2.45, 2.75) is 13.0 Å². The third-order valence-electron chi connectivity index (χ3n) is 3.30. The van der Waals surface area contributed by atoms with Gasteiger partial charge >= 0.3 is 5.97 Å². The lowest BCUT2D eigenvalue weighted by Gasteiger charge is -2.06. The Hall–Kier alpha value is -2.69. The van der Waals surface area contributed by atoms with Crippen molar-refractivity contribution in [3.63, 3.8) is 0 Å². The predicted molar refractivity (Wildman–Crippen MR) is 76.6 cm³/mol. The zero-order valence-electron chi connectivity index (χ0n) is 11.2. The highest BCUT2D eigenvalue weighted by molar-refractivity contribution is 5.78. The lowest BCUT2D eigenvalue weighted by atomic mass is 10.1. The smallest absolute Gasteiger partial charge is 0.323 e. The minimum atomic E-state index is -0.918. The van der Waals surface area contributed by atoms with Crippen LogP contribution in [0.1, 0.15) is 11.4 Å². The van der Waals surface area contributed by atoms with Crippen LogP contribution in [0.4, 0.5) is 4.39 Å². The number of hydrogen-bond donors (Lipinski definition) is 1. The number of carboxylic acids is 1. The number of halogens is 1. The molecule has 0 spiro atoms. The topological polar surface area (TPSA) is 55.1 Å². The zero-order valence-corrected chi connectivity index (χ0v) is 11.2. The summed E-state index contributed by atoms with van der Waals surface area (Å²) in [6, 6.07) is 13.5. The molecule has 1 aromatic heterocycles. The molecular weight excluding hydrogens is 271 g/mol. The normalized spacial score (nSPS) is 10.9. The molecule has 3 rings (SSSR count). The molecule has 0 aliphatic rings. The fourth-order valence-corrected chi connectivity index (χ4v) is 2.36. The first-order valence-electron chi connectivity index (χ1n) is 6.54. The molecule has 0 aliphatic heterocycles. The van der Waals surface area contributed by atoms with Gasteiger partial charge in [-0.3, -0.25) is 4.79 Å². The third kappa shape index (κ3) is 2.76. The lowest BCUT2D eigenvalue weighted by molar-refractivity contribution is -0.137. The van der Waals surface area contributed by atoms with Crippen LogP contribution in [0, 0.1) is 5.82 Å². The van der Waals surface area contributed by atoms with E-state index in [0.29, 0.717) is 12.2 Å². The van der Waals surface area contributed by atoms with Crippen LogP contribution in [0.15, 0.2) is 48.5 Å². The standard InChI is InChI=1S/C16H13FN2O2/c17-12-7-5-11(6-8-12)9-15-18-13-3-1-2-4-14(13)19(15)10-16(20)21/h1-8H,9-10H2,(H,20,21). The van der Waals surface area contributed by atoms with Crippen molar-refractivity contribution in [3.8, 4) is 0 Å². The number of imidazole rings is 1. The van der Waals surface area contributed by atoms with Crippen LogP contribution in [0.25, 0.3) is 11.0 Å². The SMILES string of the molecule is O=C(O)Cn1c(Cc2ccc(F)cc2)nc2ccccc21. The van der Waals surface area contributed by atoms with Gasteiger partial charge < -0.3 is 9.67 Å². The molecule has 21 heavy (non-hydrogen) atoms. The minimum Gasteiger partial charge on any atom is -0.480 e. The highest BCUT2D eigenvalue weighted by atomic mass is 19.1. The van der Waals surface area contributed by atoms with Gasteiger partial charge in [-0.1, -0.05) is 24.3 Å². The van der Waals surface area contributed by atoms with Crippen molar-refractivity contribution in [1.29, 1.82) is 0 Å². The number of hydrogen-bond acceptors (Lipinski definition) is 2. The van der Waals surface area contributed by atoms with Crippen LogP contribution in [0.5, 0.6) is 0 Å². The summed E-state index contributed by atoms with van der Waals surface area (Å²) < 4.78 is 14.6. The average molecular weight is 284 g/mol. The first-order valence-corrected chi connectivity index (χ1v) is 6.54. The largest absolute Gasteiger partial charge is 0.480 e. The van der Waals surface area contributed by atoms with Gasteiger partial charge in [-0.15, -0.1) is 0 Å². The molecule has 106 valence electrons. The Morgan fingerprint density at radius 3 is 2.57 bits per heavy atom. The van der Waals surface area contributed by atoms with E-state index in [-0.39, 0.29) is 12.4 Å². The number of fused-ring (bicyclic) bond motifs is 1.